The molecule has 30 heavy (non-hydrogen) atoms. The molecule has 1 heterocycles. The van der Waals surface area contributed by atoms with Gasteiger partial charge in [-0.15, -0.1) is 0 Å². The van der Waals surface area contributed by atoms with Crippen LogP contribution in [0.4, 0.5) is 5.69 Å². The normalized spacial score (nSPS) is 14.5. The third-order valence-corrected chi connectivity index (χ3v) is 6.36. The van der Waals surface area contributed by atoms with E-state index in [1.54, 1.807) is 4.90 Å². The Hall–Kier alpha value is -2.91. The fourth-order valence-electron chi connectivity index (χ4n) is 3.23. The third-order valence-electron chi connectivity index (χ3n) is 4.80. The molecule has 0 aliphatic carbocycles. The van der Waals surface area contributed by atoms with Crippen molar-refractivity contribution in [2.45, 2.75) is 30.7 Å². The number of sulfonamides is 1. The molecular weight excluding hydrogens is 408 g/mol. The number of rotatable bonds is 7. The molecule has 0 saturated heterocycles. The highest BCUT2D eigenvalue weighted by Crippen LogP contribution is 2.26. The summed E-state index contributed by atoms with van der Waals surface area (Å²) in [6.45, 7) is 1.46. The first-order valence-corrected chi connectivity index (χ1v) is 11.0. The first kappa shape index (κ1) is 21.8. The molecule has 2 aromatic rings. The van der Waals surface area contributed by atoms with Gasteiger partial charge < -0.3 is 14.4 Å². The summed E-state index contributed by atoms with van der Waals surface area (Å²) in [7, 11) is -2.45. The average Bonchev–Trinajstić information content (AvgIpc) is 2.76. The van der Waals surface area contributed by atoms with Crippen molar-refractivity contribution in [2.24, 2.45) is 0 Å². The predicted octanol–water partition coefficient (Wildman–Crippen LogP) is 1.88. The van der Waals surface area contributed by atoms with E-state index in [9.17, 15) is 18.0 Å². The monoisotopic (exact) mass is 432 g/mol. The van der Waals surface area contributed by atoms with Crippen molar-refractivity contribution in [1.82, 2.24) is 4.72 Å². The van der Waals surface area contributed by atoms with Crippen LogP contribution >= 0.6 is 0 Å². The van der Waals surface area contributed by atoms with E-state index < -0.39 is 28.6 Å². The predicted molar refractivity (Wildman–Crippen MR) is 111 cm³/mol. The third kappa shape index (κ3) is 4.98. The second-order valence-electron chi connectivity index (χ2n) is 6.90. The summed E-state index contributed by atoms with van der Waals surface area (Å²) in [5.74, 6) is -0.661. The highest BCUT2D eigenvalue weighted by molar-refractivity contribution is 7.89. The summed E-state index contributed by atoms with van der Waals surface area (Å²) in [6.07, 6.45) is 1.72. The largest absolute Gasteiger partial charge is 0.497 e. The number of hydrogen-bond acceptors (Lipinski definition) is 6. The molecule has 0 spiro atoms. The maximum absolute atomic E-state index is 12.6. The van der Waals surface area contributed by atoms with E-state index in [1.807, 2.05) is 24.3 Å². The zero-order valence-corrected chi connectivity index (χ0v) is 17.6. The van der Waals surface area contributed by atoms with Gasteiger partial charge in [-0.1, -0.05) is 18.2 Å². The lowest BCUT2D eigenvalue weighted by Crippen LogP contribution is -2.42. The minimum Gasteiger partial charge on any atom is -0.497 e. The second-order valence-corrected chi connectivity index (χ2v) is 8.62. The number of fused-ring (bicyclic) bond motifs is 1. The van der Waals surface area contributed by atoms with Crippen molar-refractivity contribution in [1.29, 1.82) is 0 Å². The van der Waals surface area contributed by atoms with Gasteiger partial charge in [-0.05, 0) is 55.7 Å². The number of anilines is 1. The lowest BCUT2D eigenvalue weighted by Gasteiger charge is -2.29. The van der Waals surface area contributed by atoms with Crippen LogP contribution in [0.5, 0.6) is 5.75 Å². The summed E-state index contributed by atoms with van der Waals surface area (Å²) in [6, 6.07) is 12.2. The van der Waals surface area contributed by atoms with Crippen molar-refractivity contribution < 1.29 is 27.5 Å². The molecule has 9 heteroatoms. The minimum atomic E-state index is -3.93. The number of carbonyl (C=O) groups is 2. The van der Waals surface area contributed by atoms with Crippen LogP contribution < -0.4 is 14.4 Å². The molecule has 2 aromatic carbocycles. The summed E-state index contributed by atoms with van der Waals surface area (Å²) in [4.78, 5) is 26.4. The Morgan fingerprint density at radius 1 is 1.13 bits per heavy atom. The molecule has 1 aliphatic heterocycles. The number of methoxy groups -OCH3 is 1. The Balaban J connectivity index is 1.57. The number of hydrogen-bond donors (Lipinski definition) is 1. The SMILES string of the molecule is COc1ccc(S(=O)(=O)NC(C)C(=O)OCC(=O)N2CCCc3ccccc32)cc1. The Kier molecular flexibility index (Phi) is 6.73. The van der Waals surface area contributed by atoms with E-state index >= 15 is 0 Å². The first-order valence-electron chi connectivity index (χ1n) is 9.53. The molecule has 0 fully saturated rings. The van der Waals surface area contributed by atoms with E-state index in [2.05, 4.69) is 4.72 Å². The fourth-order valence-corrected chi connectivity index (χ4v) is 4.42. The first-order chi connectivity index (χ1) is 14.3. The van der Waals surface area contributed by atoms with Gasteiger partial charge in [0.15, 0.2) is 6.61 Å². The van der Waals surface area contributed by atoms with Crippen molar-refractivity contribution in [3.63, 3.8) is 0 Å². The van der Waals surface area contributed by atoms with E-state index in [1.165, 1.54) is 38.3 Å². The lowest BCUT2D eigenvalue weighted by atomic mass is 10.0. The van der Waals surface area contributed by atoms with Gasteiger partial charge in [0.05, 0.1) is 12.0 Å². The van der Waals surface area contributed by atoms with E-state index in [0.717, 1.165) is 24.1 Å². The number of nitrogens with one attached hydrogen (secondary N) is 1. The average molecular weight is 432 g/mol. The highest BCUT2D eigenvalue weighted by Gasteiger charge is 2.26. The van der Waals surface area contributed by atoms with E-state index in [4.69, 9.17) is 9.47 Å². The van der Waals surface area contributed by atoms with Crippen LogP contribution in [0.2, 0.25) is 0 Å². The van der Waals surface area contributed by atoms with Gasteiger partial charge in [0.25, 0.3) is 5.91 Å². The summed E-state index contributed by atoms with van der Waals surface area (Å²) < 4.78 is 37.2. The lowest BCUT2D eigenvalue weighted by molar-refractivity contribution is -0.149. The van der Waals surface area contributed by atoms with Crippen LogP contribution in [0, 0.1) is 0 Å². The highest BCUT2D eigenvalue weighted by atomic mass is 32.2. The van der Waals surface area contributed by atoms with Crippen molar-refractivity contribution in [3.8, 4) is 5.75 Å². The Morgan fingerprint density at radius 2 is 1.83 bits per heavy atom. The molecule has 1 N–H and O–H groups in total. The van der Waals surface area contributed by atoms with Crippen LogP contribution in [0.25, 0.3) is 0 Å². The number of esters is 1. The van der Waals surface area contributed by atoms with Gasteiger partial charge in [-0.2, -0.15) is 4.72 Å². The zero-order chi connectivity index (χ0) is 21.7. The van der Waals surface area contributed by atoms with Crippen molar-refractivity contribution >= 4 is 27.6 Å². The number of benzene rings is 2. The number of nitrogens with zero attached hydrogens (tertiary/aromatic N) is 1. The Morgan fingerprint density at radius 3 is 2.53 bits per heavy atom. The number of para-hydroxylation sites is 1. The topological polar surface area (TPSA) is 102 Å². The smallest absolute Gasteiger partial charge is 0.324 e. The molecule has 1 aliphatic rings. The van der Waals surface area contributed by atoms with Gasteiger partial charge in [-0.3, -0.25) is 9.59 Å². The van der Waals surface area contributed by atoms with E-state index in [-0.39, 0.29) is 10.8 Å². The molecule has 0 bridgehead atoms. The van der Waals surface area contributed by atoms with Crippen LogP contribution in [-0.4, -0.2) is 46.6 Å². The minimum absolute atomic E-state index is 0.0102. The molecule has 3 rings (SSSR count). The summed E-state index contributed by atoms with van der Waals surface area (Å²) in [5, 5.41) is 0. The molecule has 1 atom stereocenters. The van der Waals surface area contributed by atoms with Crippen molar-refractivity contribution in [2.75, 3.05) is 25.2 Å². The maximum Gasteiger partial charge on any atom is 0.324 e. The van der Waals surface area contributed by atoms with Crippen LogP contribution in [0.3, 0.4) is 0 Å². The molecule has 8 nitrogen and oxygen atoms in total. The molecule has 1 amide bonds. The van der Waals surface area contributed by atoms with E-state index in [0.29, 0.717) is 12.3 Å². The maximum atomic E-state index is 12.6. The van der Waals surface area contributed by atoms with Crippen LogP contribution in [-0.2, 0) is 30.8 Å². The van der Waals surface area contributed by atoms with Gasteiger partial charge in [-0.25, -0.2) is 8.42 Å². The summed E-state index contributed by atoms with van der Waals surface area (Å²) >= 11 is 0. The van der Waals surface area contributed by atoms with Gasteiger partial charge in [0, 0.05) is 12.2 Å². The molecule has 0 aromatic heterocycles. The molecule has 0 radical (unpaired) electrons. The second kappa shape index (κ2) is 9.27. The van der Waals surface area contributed by atoms with Crippen LogP contribution in [0.1, 0.15) is 18.9 Å². The fraction of sp³-hybridized carbons (Fsp3) is 0.333. The number of aryl methyl sites for hydroxylation is 1. The Labute approximate surface area is 175 Å². The van der Waals surface area contributed by atoms with Crippen LogP contribution in [0.15, 0.2) is 53.4 Å². The Bertz CT molecular complexity index is 1020. The van der Waals surface area contributed by atoms with Gasteiger partial charge in [0.2, 0.25) is 10.0 Å². The zero-order valence-electron chi connectivity index (χ0n) is 16.8. The van der Waals surface area contributed by atoms with Crippen molar-refractivity contribution in [3.05, 3.63) is 54.1 Å². The van der Waals surface area contributed by atoms with Gasteiger partial charge in [0.1, 0.15) is 11.8 Å². The molecule has 1 unspecified atom stereocenters. The molecule has 160 valence electrons. The summed E-state index contributed by atoms with van der Waals surface area (Å²) in [5.41, 5.74) is 1.89. The molecular formula is C21H24N2O6S. The number of carbonyl (C=O) groups excluding carboxylic acids is 2. The van der Waals surface area contributed by atoms with Gasteiger partial charge >= 0.3 is 5.97 Å². The molecule has 0 saturated carbocycles. The number of ether oxygens (including phenoxy) is 2. The quantitative estimate of drug-likeness (QED) is 0.671. The standard InChI is InChI=1S/C21H24N2O6S/c1-15(22-30(26,27)18-11-9-17(28-2)10-12-18)21(25)29-14-20(24)23-13-5-7-16-6-3-4-8-19(16)23/h3-4,6,8-12,15,22H,5,7,13-14H2,1-2H3. The number of amides is 1.